The number of allylic oxidation sites excluding steroid dienone is 4. The second-order valence-corrected chi connectivity index (χ2v) is 23.1. The van der Waals surface area contributed by atoms with Crippen LogP contribution in [0, 0.1) is 5.92 Å². The highest BCUT2D eigenvalue weighted by atomic mass is 15.0. The van der Waals surface area contributed by atoms with Gasteiger partial charge in [-0.3, -0.25) is 0 Å². The van der Waals surface area contributed by atoms with Gasteiger partial charge in [0.1, 0.15) is 0 Å². The van der Waals surface area contributed by atoms with Crippen molar-refractivity contribution in [2.24, 2.45) is 5.92 Å². The summed E-state index contributed by atoms with van der Waals surface area (Å²) in [4.78, 5) is 17.0. The van der Waals surface area contributed by atoms with Crippen molar-refractivity contribution >= 4 is 0 Å². The Morgan fingerprint density at radius 2 is 0.543 bits per heavy atom. The Morgan fingerprint density at radius 3 is 0.951 bits per heavy atom. The maximum atomic E-state index is 5.68. The molecule has 81 heavy (non-hydrogen) atoms. The zero-order valence-corrected chi connectivity index (χ0v) is 44.0. The average Bonchev–Trinajstić information content (AvgIpc) is 4.47. The lowest BCUT2D eigenvalue weighted by Crippen LogP contribution is -2.33. The molecule has 3 spiro atoms. The summed E-state index contributed by atoms with van der Waals surface area (Å²) < 4.78 is 0. The number of fused-ring (bicyclic) bond motifs is 30. The van der Waals surface area contributed by atoms with Gasteiger partial charge in [-0.2, -0.15) is 0 Å². The van der Waals surface area contributed by atoms with Crippen LogP contribution in [0.1, 0.15) is 72.7 Å². The zero-order valence-electron chi connectivity index (χ0n) is 44.0. The van der Waals surface area contributed by atoms with Crippen LogP contribution in [0.25, 0.3) is 89.8 Å². The van der Waals surface area contributed by atoms with Crippen molar-refractivity contribution in [1.29, 1.82) is 0 Å². The molecule has 1 aromatic heterocycles. The summed E-state index contributed by atoms with van der Waals surface area (Å²) in [5.41, 5.74) is 29.9. The van der Waals surface area contributed by atoms with E-state index in [4.69, 9.17) is 15.0 Å². The third-order valence-electron chi connectivity index (χ3n) is 19.9. The first kappa shape index (κ1) is 43.8. The number of benzene rings is 11. The Balaban J connectivity index is 0.865. The predicted octanol–water partition coefficient (Wildman–Crippen LogP) is 17.7. The summed E-state index contributed by atoms with van der Waals surface area (Å²) in [6, 6.07) is 93.4. The fourth-order valence-corrected chi connectivity index (χ4v) is 17.0. The molecule has 1 heterocycles. The summed E-state index contributed by atoms with van der Waals surface area (Å²) in [5.74, 6) is 2.39. The Bertz CT molecular complexity index is 4540. The van der Waals surface area contributed by atoms with Gasteiger partial charge in [0.25, 0.3) is 0 Å². The molecule has 0 saturated heterocycles. The Kier molecular flexibility index (Phi) is 8.44. The number of hydrogen-bond donors (Lipinski definition) is 0. The number of aromatic nitrogens is 3. The van der Waals surface area contributed by atoms with Crippen LogP contribution < -0.4 is 0 Å². The van der Waals surface area contributed by atoms with E-state index in [1.807, 2.05) is 0 Å². The monoisotopic (exact) mass is 1030 g/mol. The number of rotatable bonds is 3. The molecule has 7 aliphatic rings. The fraction of sp³-hybridized carbons (Fsp3) is 0.0641. The van der Waals surface area contributed by atoms with Gasteiger partial charge in [0, 0.05) is 28.5 Å². The molecule has 0 fully saturated rings. The maximum Gasteiger partial charge on any atom is 0.164 e. The molecule has 374 valence electrons. The molecular formula is C78H47N3. The summed E-state index contributed by atoms with van der Waals surface area (Å²) in [7, 11) is 0. The molecule has 3 nitrogen and oxygen atoms in total. The van der Waals surface area contributed by atoms with Gasteiger partial charge >= 0.3 is 0 Å². The van der Waals surface area contributed by atoms with Gasteiger partial charge in [0.15, 0.2) is 17.5 Å². The van der Waals surface area contributed by atoms with Crippen LogP contribution in [-0.2, 0) is 16.2 Å². The van der Waals surface area contributed by atoms with Gasteiger partial charge in [-0.1, -0.05) is 255 Å². The second kappa shape index (κ2) is 15.6. The second-order valence-electron chi connectivity index (χ2n) is 23.1. The van der Waals surface area contributed by atoms with E-state index >= 15 is 0 Å². The zero-order chi connectivity index (χ0) is 52.8. The van der Waals surface area contributed by atoms with Crippen LogP contribution in [0.4, 0.5) is 0 Å². The molecule has 3 heteroatoms. The molecule has 0 aliphatic heterocycles. The van der Waals surface area contributed by atoms with Crippen LogP contribution in [0.15, 0.2) is 273 Å². The van der Waals surface area contributed by atoms with Gasteiger partial charge in [0.05, 0.1) is 16.2 Å². The number of nitrogens with zero attached hydrogens (tertiary/aromatic N) is 3. The van der Waals surface area contributed by atoms with Crippen molar-refractivity contribution in [3.63, 3.8) is 0 Å². The van der Waals surface area contributed by atoms with Gasteiger partial charge in [0.2, 0.25) is 0 Å². The van der Waals surface area contributed by atoms with E-state index in [1.54, 1.807) is 0 Å². The van der Waals surface area contributed by atoms with E-state index in [9.17, 15) is 0 Å². The van der Waals surface area contributed by atoms with Gasteiger partial charge in [-0.25, -0.2) is 15.0 Å². The first-order valence-electron chi connectivity index (χ1n) is 28.5. The van der Waals surface area contributed by atoms with E-state index < -0.39 is 16.2 Å². The quantitative estimate of drug-likeness (QED) is 0.177. The standard InChI is InChI=1S/C78H47N3/c1-10-28-61-49(19-1)50-20-2-11-29-62(50)76(61)67-34-16-7-25-55(67)58-40-37-46(43-70(58)76)73-79-74(47-38-41-59-56-26-8-17-35-68(56)77(71(59)44-47)63-30-12-3-21-51(63)52-22-4-13-31-64(52)77)81-75(80-73)48-39-42-60-57-27-9-18-36-69(57)78(72(60)45-48)65-32-14-5-23-53(65)54-24-6-15-33-66(54)78/h1-45,49,61H. The molecule has 0 bridgehead atoms. The lowest BCUT2D eigenvalue weighted by atomic mass is 9.65. The normalized spacial score (nSPS) is 18.8. The topological polar surface area (TPSA) is 38.7 Å². The predicted molar refractivity (Wildman–Crippen MR) is 325 cm³/mol. The minimum Gasteiger partial charge on any atom is -0.208 e. The third kappa shape index (κ3) is 5.25. The van der Waals surface area contributed by atoms with Crippen molar-refractivity contribution < 1.29 is 0 Å². The van der Waals surface area contributed by atoms with Crippen LogP contribution >= 0.6 is 0 Å². The van der Waals surface area contributed by atoms with Crippen LogP contribution in [-0.4, -0.2) is 15.0 Å². The van der Waals surface area contributed by atoms with E-state index in [1.165, 1.54) is 122 Å². The largest absolute Gasteiger partial charge is 0.208 e. The summed E-state index contributed by atoms with van der Waals surface area (Å²) in [5, 5.41) is 0. The fourth-order valence-electron chi connectivity index (χ4n) is 17.0. The SMILES string of the molecule is C1=CC2c3ccccc3C3(c4ccccc4-c4ccc(-c5nc(-c6ccc7c(c6)C6(c8ccccc8-c8ccccc86)c6ccccc6-7)nc(-c6ccc7c(c6)C6(c8ccccc8-c8ccccc86)c6ccccc6-7)n5)cc43)C2C=C1. The molecule has 12 aromatic rings. The summed E-state index contributed by atoms with van der Waals surface area (Å²) >= 11 is 0. The Labute approximate surface area is 470 Å². The van der Waals surface area contributed by atoms with Gasteiger partial charge < -0.3 is 0 Å². The molecule has 0 N–H and O–H groups in total. The van der Waals surface area contributed by atoms with Crippen molar-refractivity contribution in [2.45, 2.75) is 22.2 Å². The minimum atomic E-state index is -0.521. The molecule has 7 aliphatic carbocycles. The summed E-state index contributed by atoms with van der Waals surface area (Å²) in [6.07, 6.45) is 9.37. The smallest absolute Gasteiger partial charge is 0.164 e. The highest BCUT2D eigenvalue weighted by Gasteiger charge is 2.58. The molecule has 0 radical (unpaired) electrons. The number of hydrogen-bond acceptors (Lipinski definition) is 3. The molecule has 11 aromatic carbocycles. The molecule has 19 rings (SSSR count). The van der Waals surface area contributed by atoms with Crippen molar-refractivity contribution in [2.75, 3.05) is 0 Å². The van der Waals surface area contributed by atoms with E-state index in [0.717, 1.165) is 16.7 Å². The van der Waals surface area contributed by atoms with Gasteiger partial charge in [-0.05, 0) is 141 Å². The van der Waals surface area contributed by atoms with Gasteiger partial charge in [-0.15, -0.1) is 0 Å². The lowest BCUT2D eigenvalue weighted by molar-refractivity contribution is 0.465. The molecule has 0 amide bonds. The lowest BCUT2D eigenvalue weighted by Gasteiger charge is -2.36. The van der Waals surface area contributed by atoms with Crippen molar-refractivity contribution in [3.8, 4) is 89.8 Å². The maximum absolute atomic E-state index is 5.68. The van der Waals surface area contributed by atoms with Crippen LogP contribution in [0.3, 0.4) is 0 Å². The van der Waals surface area contributed by atoms with E-state index in [-0.39, 0.29) is 11.8 Å². The highest BCUT2D eigenvalue weighted by Crippen LogP contribution is 2.67. The molecular weight excluding hydrogens is 979 g/mol. The average molecular weight is 1030 g/mol. The summed E-state index contributed by atoms with van der Waals surface area (Å²) in [6.45, 7) is 0. The first-order chi connectivity index (χ1) is 40.2. The first-order valence-corrected chi connectivity index (χ1v) is 28.5. The van der Waals surface area contributed by atoms with E-state index in [0.29, 0.717) is 17.5 Å². The molecule has 3 atom stereocenters. The van der Waals surface area contributed by atoms with Crippen LogP contribution in [0.2, 0.25) is 0 Å². The van der Waals surface area contributed by atoms with Crippen molar-refractivity contribution in [3.05, 3.63) is 340 Å². The Morgan fingerprint density at radius 1 is 0.247 bits per heavy atom. The minimum absolute atomic E-state index is 0.199. The van der Waals surface area contributed by atoms with Crippen LogP contribution in [0.5, 0.6) is 0 Å². The third-order valence-corrected chi connectivity index (χ3v) is 19.9. The van der Waals surface area contributed by atoms with E-state index in [2.05, 4.69) is 273 Å². The molecule has 0 saturated carbocycles. The van der Waals surface area contributed by atoms with Crippen molar-refractivity contribution in [1.82, 2.24) is 15.0 Å². The highest BCUT2D eigenvalue weighted by molar-refractivity contribution is 5.98. The molecule has 3 unspecified atom stereocenters. The Hall–Kier alpha value is -10.1.